The minimum atomic E-state index is -0.778. The first kappa shape index (κ1) is 17.4. The molecule has 1 aromatic heterocycles. The highest BCUT2D eigenvalue weighted by atomic mass is 16.6. The predicted octanol–water partition coefficient (Wildman–Crippen LogP) is 2.04. The molecular weight excluding hydrogens is 348 g/mol. The molecule has 0 saturated carbocycles. The number of methoxy groups -OCH3 is 1. The number of benzene rings is 1. The summed E-state index contributed by atoms with van der Waals surface area (Å²) >= 11 is 0. The summed E-state index contributed by atoms with van der Waals surface area (Å²) in [4.78, 5) is 25.8. The zero-order chi connectivity index (χ0) is 19.0. The number of rotatable bonds is 4. The van der Waals surface area contributed by atoms with Crippen molar-refractivity contribution in [3.05, 3.63) is 29.3 Å². The summed E-state index contributed by atoms with van der Waals surface area (Å²) in [5.74, 6) is 0.368. The first-order valence-corrected chi connectivity index (χ1v) is 9.12. The van der Waals surface area contributed by atoms with Crippen molar-refractivity contribution in [2.24, 2.45) is 0 Å². The van der Waals surface area contributed by atoms with Crippen molar-refractivity contribution in [3.8, 4) is 17.1 Å². The fourth-order valence-electron chi connectivity index (χ4n) is 3.72. The van der Waals surface area contributed by atoms with Gasteiger partial charge in [-0.2, -0.15) is 0 Å². The number of ether oxygens (including phenoxy) is 2. The fraction of sp³-hybridized carbons (Fsp3) is 0.421. The monoisotopic (exact) mass is 370 g/mol. The number of carbonyl (C=O) groups excluding carboxylic acids is 2. The average Bonchev–Trinajstić information content (AvgIpc) is 3.20. The van der Waals surface area contributed by atoms with Gasteiger partial charge in [-0.1, -0.05) is 6.07 Å². The topological polar surface area (TPSA) is 96.5 Å². The minimum absolute atomic E-state index is 0.215. The third-order valence-corrected chi connectivity index (χ3v) is 5.02. The second-order valence-electron chi connectivity index (χ2n) is 6.66. The third kappa shape index (κ3) is 3.01. The van der Waals surface area contributed by atoms with E-state index >= 15 is 0 Å². The number of likely N-dealkylation sites (N-methyl/N-ethyl adjacent to an activating group) is 1. The van der Waals surface area contributed by atoms with Gasteiger partial charge in [-0.05, 0) is 43.9 Å². The molecular formula is C19H22N4O4. The normalized spacial score (nSPS) is 18.4. The van der Waals surface area contributed by atoms with Crippen LogP contribution in [0.25, 0.3) is 11.3 Å². The Hall–Kier alpha value is -3.03. The molecule has 8 heteroatoms. The van der Waals surface area contributed by atoms with E-state index in [1.807, 2.05) is 25.1 Å². The number of aryl methyl sites for hydroxylation is 1. The van der Waals surface area contributed by atoms with Gasteiger partial charge in [0, 0.05) is 23.4 Å². The Morgan fingerprint density at radius 2 is 2.30 bits per heavy atom. The molecule has 1 aromatic carbocycles. The molecule has 142 valence electrons. The highest BCUT2D eigenvalue weighted by Crippen LogP contribution is 2.37. The molecule has 1 aliphatic heterocycles. The molecule has 4 rings (SSSR count). The molecule has 1 fully saturated rings. The summed E-state index contributed by atoms with van der Waals surface area (Å²) in [6, 6.07) is 5.86. The maximum Gasteiger partial charge on any atom is 0.415 e. The van der Waals surface area contributed by atoms with Crippen molar-refractivity contribution in [3.63, 3.8) is 0 Å². The van der Waals surface area contributed by atoms with Crippen LogP contribution in [0.5, 0.6) is 5.88 Å². The van der Waals surface area contributed by atoms with Crippen LogP contribution in [-0.4, -0.2) is 48.5 Å². The second-order valence-corrected chi connectivity index (χ2v) is 6.66. The van der Waals surface area contributed by atoms with Gasteiger partial charge in [-0.25, -0.2) is 4.79 Å². The first-order chi connectivity index (χ1) is 13.1. The lowest BCUT2D eigenvalue weighted by molar-refractivity contribution is -0.127. The van der Waals surface area contributed by atoms with Gasteiger partial charge in [0.15, 0.2) is 6.10 Å². The van der Waals surface area contributed by atoms with Gasteiger partial charge in [0.05, 0.1) is 19.3 Å². The fourth-order valence-corrected chi connectivity index (χ4v) is 3.72. The Balaban J connectivity index is 1.63. The van der Waals surface area contributed by atoms with Crippen molar-refractivity contribution in [1.29, 1.82) is 0 Å². The molecule has 0 radical (unpaired) electrons. The standard InChI is InChI=1S/C19H22N4O4/c1-3-20-17(24)15-10-23(19(25)27-15)12-7-8-13-11(9-12)5-4-6-14-16(13)21-22-18(14)26-2/h7-9,15H,3-6,10H2,1-2H3,(H,20,24)(H,21,22)/t15-/m1/s1. The van der Waals surface area contributed by atoms with E-state index in [9.17, 15) is 9.59 Å². The Morgan fingerprint density at radius 1 is 1.44 bits per heavy atom. The van der Waals surface area contributed by atoms with E-state index < -0.39 is 12.2 Å². The summed E-state index contributed by atoms with van der Waals surface area (Å²) in [6.45, 7) is 2.55. The first-order valence-electron chi connectivity index (χ1n) is 9.12. The van der Waals surface area contributed by atoms with Gasteiger partial charge in [-0.3, -0.25) is 14.8 Å². The Bertz CT molecular complexity index is 892. The lowest BCUT2D eigenvalue weighted by Gasteiger charge is -2.16. The van der Waals surface area contributed by atoms with Crippen molar-refractivity contribution in [2.75, 3.05) is 25.1 Å². The number of nitrogens with zero attached hydrogens (tertiary/aromatic N) is 2. The summed E-state index contributed by atoms with van der Waals surface area (Å²) in [6.07, 6.45) is 1.45. The van der Waals surface area contributed by atoms with Crippen molar-refractivity contribution < 1.29 is 19.1 Å². The van der Waals surface area contributed by atoms with Crippen LogP contribution < -0.4 is 15.0 Å². The molecule has 1 atom stereocenters. The van der Waals surface area contributed by atoms with Gasteiger partial charge in [-0.15, -0.1) is 5.10 Å². The maximum atomic E-state index is 12.3. The van der Waals surface area contributed by atoms with Crippen LogP contribution in [0.3, 0.4) is 0 Å². The second kappa shape index (κ2) is 6.94. The third-order valence-electron chi connectivity index (χ3n) is 5.02. The van der Waals surface area contributed by atoms with E-state index in [0.29, 0.717) is 12.4 Å². The summed E-state index contributed by atoms with van der Waals surface area (Å²) in [5.41, 5.74) is 4.98. The summed E-state index contributed by atoms with van der Waals surface area (Å²) < 4.78 is 10.6. The molecule has 0 bridgehead atoms. The maximum absolute atomic E-state index is 12.3. The van der Waals surface area contributed by atoms with E-state index in [1.54, 1.807) is 7.11 Å². The number of amides is 2. The van der Waals surface area contributed by atoms with E-state index in [-0.39, 0.29) is 12.5 Å². The largest absolute Gasteiger partial charge is 0.480 e. The zero-order valence-corrected chi connectivity index (χ0v) is 15.4. The van der Waals surface area contributed by atoms with Crippen LogP contribution in [0.4, 0.5) is 10.5 Å². The summed E-state index contributed by atoms with van der Waals surface area (Å²) in [7, 11) is 1.62. The number of aromatic nitrogens is 2. The molecule has 27 heavy (non-hydrogen) atoms. The number of fused-ring (bicyclic) bond motifs is 3. The molecule has 1 aliphatic carbocycles. The van der Waals surface area contributed by atoms with Gasteiger partial charge in [0.25, 0.3) is 5.91 Å². The molecule has 8 nitrogen and oxygen atoms in total. The van der Waals surface area contributed by atoms with Crippen LogP contribution in [0.1, 0.15) is 24.5 Å². The summed E-state index contributed by atoms with van der Waals surface area (Å²) in [5, 5.41) is 10.0. The van der Waals surface area contributed by atoms with Crippen LogP contribution >= 0.6 is 0 Å². The lowest BCUT2D eigenvalue weighted by Crippen LogP contribution is -2.37. The smallest absolute Gasteiger partial charge is 0.415 e. The highest BCUT2D eigenvalue weighted by molar-refractivity contribution is 5.96. The van der Waals surface area contributed by atoms with Gasteiger partial charge >= 0.3 is 6.09 Å². The number of nitrogens with one attached hydrogen (secondary N) is 2. The van der Waals surface area contributed by atoms with E-state index in [2.05, 4.69) is 15.5 Å². The van der Waals surface area contributed by atoms with Gasteiger partial charge in [0.2, 0.25) is 5.88 Å². The Kier molecular flexibility index (Phi) is 4.47. The lowest BCUT2D eigenvalue weighted by atomic mass is 10.0. The number of H-pyrrole nitrogens is 1. The Morgan fingerprint density at radius 3 is 3.07 bits per heavy atom. The van der Waals surface area contributed by atoms with Crippen LogP contribution in [0.2, 0.25) is 0 Å². The van der Waals surface area contributed by atoms with E-state index in [0.717, 1.165) is 47.3 Å². The van der Waals surface area contributed by atoms with Crippen molar-refractivity contribution in [1.82, 2.24) is 15.5 Å². The number of anilines is 1. The zero-order valence-electron chi connectivity index (χ0n) is 15.4. The SMILES string of the molecule is CCNC(=O)[C@H]1CN(c2ccc3c(c2)CCCc2c(OC)n[nH]c2-3)C(=O)O1. The van der Waals surface area contributed by atoms with Gasteiger partial charge in [0.1, 0.15) is 0 Å². The number of hydrogen-bond acceptors (Lipinski definition) is 5. The molecule has 2 aromatic rings. The Labute approximate surface area is 156 Å². The van der Waals surface area contributed by atoms with Crippen LogP contribution in [0, 0.1) is 0 Å². The van der Waals surface area contributed by atoms with E-state index in [4.69, 9.17) is 9.47 Å². The number of cyclic esters (lactones) is 1. The molecule has 2 aliphatic rings. The molecule has 2 N–H and O–H groups in total. The minimum Gasteiger partial charge on any atom is -0.480 e. The van der Waals surface area contributed by atoms with Crippen molar-refractivity contribution in [2.45, 2.75) is 32.3 Å². The molecule has 0 spiro atoms. The predicted molar refractivity (Wildman–Crippen MR) is 98.9 cm³/mol. The van der Waals surface area contributed by atoms with Gasteiger partial charge < -0.3 is 14.8 Å². The number of aromatic amines is 1. The highest BCUT2D eigenvalue weighted by Gasteiger charge is 2.37. The quantitative estimate of drug-likeness (QED) is 0.858. The molecule has 0 unspecified atom stereocenters. The number of carbonyl (C=O) groups is 2. The molecule has 1 saturated heterocycles. The van der Waals surface area contributed by atoms with Crippen molar-refractivity contribution >= 4 is 17.7 Å². The van der Waals surface area contributed by atoms with Crippen LogP contribution in [-0.2, 0) is 22.4 Å². The van der Waals surface area contributed by atoms with E-state index in [1.165, 1.54) is 4.90 Å². The van der Waals surface area contributed by atoms with Crippen LogP contribution in [0.15, 0.2) is 18.2 Å². The number of hydrogen-bond donors (Lipinski definition) is 2. The molecule has 2 heterocycles. The average molecular weight is 370 g/mol. The molecule has 2 amide bonds.